The molecular weight excluding hydrogens is 679 g/mol. The third kappa shape index (κ3) is 7.24. The third-order valence-corrected chi connectivity index (χ3v) is 19.3. The molecule has 0 fully saturated rings. The summed E-state index contributed by atoms with van der Waals surface area (Å²) in [5.41, 5.74) is 14.3. The summed E-state index contributed by atoms with van der Waals surface area (Å²) in [6.07, 6.45) is 6.15. The van der Waals surface area contributed by atoms with Crippen molar-refractivity contribution in [2.75, 3.05) is 0 Å². The van der Waals surface area contributed by atoms with E-state index in [1.165, 1.54) is 34.2 Å². The monoisotopic (exact) mass is 732 g/mol. The van der Waals surface area contributed by atoms with Crippen molar-refractivity contribution in [2.24, 2.45) is 11.3 Å². The van der Waals surface area contributed by atoms with Gasteiger partial charge in [0.15, 0.2) is 0 Å². The number of halogens is 2. The van der Waals surface area contributed by atoms with Gasteiger partial charge in [-0.25, -0.2) is 0 Å². The van der Waals surface area contributed by atoms with E-state index in [4.69, 9.17) is 0 Å². The van der Waals surface area contributed by atoms with Crippen LogP contribution in [0.15, 0.2) is 87.2 Å². The maximum absolute atomic E-state index is 2.70. The summed E-state index contributed by atoms with van der Waals surface area (Å²) in [6.45, 7) is 28.7. The maximum atomic E-state index is 2.70. The Balaban J connectivity index is 0.00000288. The molecule has 246 valence electrons. The van der Waals surface area contributed by atoms with Crippen molar-refractivity contribution in [3.05, 3.63) is 115 Å². The molecule has 2 aliphatic rings. The average molecular weight is 735 g/mol. The largest absolute Gasteiger partial charge is 1.00 e. The molecule has 0 aliphatic heterocycles. The average Bonchev–Trinajstić information content (AvgIpc) is 3.50. The van der Waals surface area contributed by atoms with Gasteiger partial charge in [0.1, 0.15) is 0 Å². The van der Waals surface area contributed by atoms with Gasteiger partial charge in [-0.3, -0.25) is 0 Å². The van der Waals surface area contributed by atoms with Crippen molar-refractivity contribution >= 4 is 3.21 Å². The molecule has 0 saturated heterocycles. The quantitative estimate of drug-likeness (QED) is 0.280. The summed E-state index contributed by atoms with van der Waals surface area (Å²) >= 11 is -2.66. The first kappa shape index (κ1) is 38.9. The van der Waals surface area contributed by atoms with Crippen LogP contribution >= 0.6 is 0 Å². The van der Waals surface area contributed by atoms with Gasteiger partial charge in [0.2, 0.25) is 0 Å². The van der Waals surface area contributed by atoms with Gasteiger partial charge in [-0.05, 0) is 0 Å². The van der Waals surface area contributed by atoms with Crippen molar-refractivity contribution in [1.82, 2.24) is 0 Å². The van der Waals surface area contributed by atoms with Crippen molar-refractivity contribution in [3.8, 4) is 11.1 Å². The summed E-state index contributed by atoms with van der Waals surface area (Å²) in [7, 11) is 0. The van der Waals surface area contributed by atoms with Gasteiger partial charge in [-0.1, -0.05) is 0 Å². The van der Waals surface area contributed by atoms with Crippen LogP contribution in [0.2, 0.25) is 0 Å². The molecule has 0 heterocycles. The Morgan fingerprint density at radius 1 is 0.652 bits per heavy atom. The Labute approximate surface area is 301 Å². The molecule has 46 heavy (non-hydrogen) atoms. The molecule has 1 unspecified atom stereocenters. The Bertz CT molecular complexity index is 1590. The molecule has 0 amide bonds. The molecule has 3 heteroatoms. The Morgan fingerprint density at radius 2 is 1.15 bits per heavy atom. The number of allylic oxidation sites excluding steroid dienone is 4. The second-order valence-corrected chi connectivity index (χ2v) is 22.5. The first-order valence-electron chi connectivity index (χ1n) is 17.2. The van der Waals surface area contributed by atoms with Crippen LogP contribution in [0, 0.1) is 11.3 Å². The van der Waals surface area contributed by atoms with Crippen molar-refractivity contribution in [3.63, 3.8) is 0 Å². The topological polar surface area (TPSA) is 0 Å². The molecule has 0 N–H and O–H groups in total. The summed E-state index contributed by atoms with van der Waals surface area (Å²) in [5, 5.41) is 0. The van der Waals surface area contributed by atoms with Crippen LogP contribution in [0.1, 0.15) is 134 Å². The molecule has 0 spiro atoms. The number of rotatable bonds is 6. The van der Waals surface area contributed by atoms with E-state index in [1.54, 1.807) is 25.5 Å². The fourth-order valence-electron chi connectivity index (χ4n) is 7.70. The minimum Gasteiger partial charge on any atom is -1.00 e. The zero-order valence-electron chi connectivity index (χ0n) is 30.5. The second kappa shape index (κ2) is 14.5. The predicted molar refractivity (Wildman–Crippen MR) is 191 cm³/mol. The molecule has 0 nitrogen and oxygen atoms in total. The molecule has 3 aromatic rings. The SMILES string of the molecule is CCC1=[C](/[Zr+2](=[C](\CC)c2ccccc2)[CH]2c3ccc(C(C)(C)C)cc3-c3cc(C(C)(C)C)ccc32)C(CC)C=C1C(C)(C)C.[Cl-].[Cl-]. The second-order valence-electron chi connectivity index (χ2n) is 16.2. The number of benzene rings is 3. The minimum absolute atomic E-state index is 0. The van der Waals surface area contributed by atoms with E-state index in [-0.39, 0.29) is 41.1 Å². The molecule has 0 radical (unpaired) electrons. The van der Waals surface area contributed by atoms with E-state index in [0.717, 1.165) is 12.8 Å². The van der Waals surface area contributed by atoms with Crippen LogP contribution < -0.4 is 24.8 Å². The molecule has 3 aromatic carbocycles. The summed E-state index contributed by atoms with van der Waals surface area (Å²) in [5.74, 6) is 0.550. The molecule has 5 rings (SSSR count). The van der Waals surface area contributed by atoms with Crippen LogP contribution in [-0.4, -0.2) is 3.21 Å². The number of hydrogen-bond donors (Lipinski definition) is 0. The summed E-state index contributed by atoms with van der Waals surface area (Å²) in [4.78, 5) is 0. The van der Waals surface area contributed by atoms with Crippen LogP contribution in [0.25, 0.3) is 11.1 Å². The van der Waals surface area contributed by atoms with Gasteiger partial charge in [0.25, 0.3) is 0 Å². The van der Waals surface area contributed by atoms with E-state index < -0.39 is 21.3 Å². The fourth-order valence-corrected chi connectivity index (χ4v) is 18.2. The van der Waals surface area contributed by atoms with Gasteiger partial charge < -0.3 is 24.8 Å². The van der Waals surface area contributed by atoms with Crippen molar-refractivity contribution in [1.29, 1.82) is 0 Å². The van der Waals surface area contributed by atoms with Crippen LogP contribution in [0.4, 0.5) is 0 Å². The molecular formula is C43H56Cl2Zr. The molecule has 2 aliphatic carbocycles. The Hall–Kier alpha value is -1.53. The summed E-state index contributed by atoms with van der Waals surface area (Å²) in [6, 6.07) is 26.7. The van der Waals surface area contributed by atoms with Gasteiger partial charge in [0.05, 0.1) is 0 Å². The predicted octanol–water partition coefficient (Wildman–Crippen LogP) is 6.28. The van der Waals surface area contributed by atoms with Crippen LogP contribution in [0.3, 0.4) is 0 Å². The smallest absolute Gasteiger partial charge is 1.00 e. The zero-order chi connectivity index (χ0) is 32.2. The van der Waals surface area contributed by atoms with E-state index in [1.807, 2.05) is 3.28 Å². The Morgan fingerprint density at radius 3 is 1.54 bits per heavy atom. The van der Waals surface area contributed by atoms with E-state index in [9.17, 15) is 0 Å². The van der Waals surface area contributed by atoms with Gasteiger partial charge in [-0.2, -0.15) is 0 Å². The van der Waals surface area contributed by atoms with Crippen LogP contribution in [-0.2, 0) is 32.1 Å². The van der Waals surface area contributed by atoms with Gasteiger partial charge >= 0.3 is 279 Å². The summed E-state index contributed by atoms with van der Waals surface area (Å²) < 4.78 is 4.14. The normalized spacial score (nSPS) is 16.7. The fraction of sp³-hybridized carbons (Fsp3) is 0.465. The molecule has 0 bridgehead atoms. The van der Waals surface area contributed by atoms with E-state index >= 15 is 0 Å². The Kier molecular flexibility index (Phi) is 12.3. The van der Waals surface area contributed by atoms with Crippen molar-refractivity contribution < 1.29 is 46.1 Å². The first-order chi connectivity index (χ1) is 20.6. The van der Waals surface area contributed by atoms with E-state index in [0.29, 0.717) is 9.54 Å². The van der Waals surface area contributed by atoms with Gasteiger partial charge in [-0.15, -0.1) is 0 Å². The first-order valence-corrected chi connectivity index (χ1v) is 21.0. The molecule has 0 saturated carbocycles. The molecule has 1 atom stereocenters. The third-order valence-electron chi connectivity index (χ3n) is 10.1. The minimum atomic E-state index is -2.66. The maximum Gasteiger partial charge on any atom is -1.00 e. The zero-order valence-corrected chi connectivity index (χ0v) is 34.4. The molecule has 0 aromatic heterocycles. The standard InChI is InChI=1S/C21H25.C13H21.C9H10.2ClH.Zr/c1-20(2,3)16-9-7-14-11-15-8-10-17(21(4,5)6)13-19(15)18(14)12-16;1-6-10-8-11(7-2)12(9-10)13(3,4)5;1-2-6-9-7-4-3-5-8-9;;;/h7-13H,1-6H3;9-10H,6-7H2,1-5H3;3-5,7-8H,2H2,1H3;2*1H;/q;;;;;+2/p-2. The van der Waals surface area contributed by atoms with E-state index in [2.05, 4.69) is 156 Å². The van der Waals surface area contributed by atoms with Gasteiger partial charge in [0, 0.05) is 0 Å². The number of hydrogen-bond acceptors (Lipinski definition) is 0. The number of fused-ring (bicyclic) bond motifs is 3. The van der Waals surface area contributed by atoms with Crippen molar-refractivity contribution in [2.45, 2.75) is 117 Å². The van der Waals surface area contributed by atoms with Crippen LogP contribution in [0.5, 0.6) is 0 Å².